The van der Waals surface area contributed by atoms with Crippen molar-refractivity contribution in [2.75, 3.05) is 18.0 Å². The minimum atomic E-state index is -4.57. The number of hydrogen-bond donors (Lipinski definition) is 2. The summed E-state index contributed by atoms with van der Waals surface area (Å²) in [6.07, 6.45) is 0.164. The average molecular weight is 357 g/mol. The zero-order valence-corrected chi connectivity index (χ0v) is 13.9. The Hall–Kier alpha value is -1.67. The number of anilines is 1. The number of aromatic nitrogens is 1. The Morgan fingerprint density at radius 3 is 2.61 bits per heavy atom. The summed E-state index contributed by atoms with van der Waals surface area (Å²) in [5.74, 6) is 0.310. The van der Waals surface area contributed by atoms with Gasteiger partial charge in [-0.1, -0.05) is 18.5 Å². The maximum Gasteiger partial charge on any atom is 0.469 e. The standard InChI is InChI=1S/C13H14ClN4O4P/c1-2-9-10(5-15)12(14)17-13(11(9)6-16)18-4-3-8(7-18)22-23(19,20)21/h8H,2-4,7H2,1H3,(H2,19,20,21)/t8-/m0/s1. The molecule has 0 bridgehead atoms. The second kappa shape index (κ2) is 6.84. The molecule has 23 heavy (non-hydrogen) atoms. The third-order valence-electron chi connectivity index (χ3n) is 3.55. The minimum absolute atomic E-state index is 0.0118. The molecule has 0 radical (unpaired) electrons. The second-order valence-corrected chi connectivity index (χ2v) is 6.53. The van der Waals surface area contributed by atoms with E-state index in [4.69, 9.17) is 21.4 Å². The number of hydrogen-bond acceptors (Lipinski definition) is 6. The van der Waals surface area contributed by atoms with Crippen LogP contribution in [0.1, 0.15) is 30.0 Å². The first-order chi connectivity index (χ1) is 10.8. The van der Waals surface area contributed by atoms with E-state index >= 15 is 0 Å². The van der Waals surface area contributed by atoms with Gasteiger partial charge in [-0.2, -0.15) is 10.5 Å². The van der Waals surface area contributed by atoms with Gasteiger partial charge in [-0.25, -0.2) is 9.55 Å². The molecule has 0 spiro atoms. The van der Waals surface area contributed by atoms with E-state index in [0.717, 1.165) is 0 Å². The average Bonchev–Trinajstić information content (AvgIpc) is 2.91. The Labute approximate surface area is 138 Å². The molecule has 1 atom stereocenters. The molecule has 8 nitrogen and oxygen atoms in total. The second-order valence-electron chi connectivity index (χ2n) is 4.98. The topological polar surface area (TPSA) is 130 Å². The lowest BCUT2D eigenvalue weighted by Crippen LogP contribution is -2.25. The van der Waals surface area contributed by atoms with Crippen LogP contribution in [0.2, 0.25) is 5.15 Å². The van der Waals surface area contributed by atoms with Gasteiger partial charge in [0.05, 0.1) is 17.2 Å². The molecule has 0 aromatic carbocycles. The highest BCUT2D eigenvalue weighted by molar-refractivity contribution is 7.46. The van der Waals surface area contributed by atoms with Gasteiger partial charge in [0.1, 0.15) is 23.1 Å². The van der Waals surface area contributed by atoms with E-state index in [2.05, 4.69) is 9.51 Å². The van der Waals surface area contributed by atoms with Crippen molar-refractivity contribution >= 4 is 25.2 Å². The summed E-state index contributed by atoms with van der Waals surface area (Å²) in [5.41, 5.74) is 0.950. The Kier molecular flexibility index (Phi) is 5.26. The molecular formula is C13H14ClN4O4P. The maximum absolute atomic E-state index is 10.9. The third-order valence-corrected chi connectivity index (χ3v) is 4.39. The predicted molar refractivity (Wildman–Crippen MR) is 81.8 cm³/mol. The van der Waals surface area contributed by atoms with Gasteiger partial charge in [0.2, 0.25) is 0 Å². The van der Waals surface area contributed by atoms with Crippen molar-refractivity contribution in [1.82, 2.24) is 4.98 Å². The van der Waals surface area contributed by atoms with Crippen LogP contribution < -0.4 is 4.90 Å². The summed E-state index contributed by atoms with van der Waals surface area (Å²) < 4.78 is 15.6. The fourth-order valence-corrected chi connectivity index (χ4v) is 3.40. The van der Waals surface area contributed by atoms with Crippen LogP contribution in [0, 0.1) is 22.7 Å². The van der Waals surface area contributed by atoms with E-state index in [1.54, 1.807) is 11.8 Å². The molecule has 1 saturated heterocycles. The van der Waals surface area contributed by atoms with Crippen LogP contribution in [0.25, 0.3) is 0 Å². The summed E-state index contributed by atoms with van der Waals surface area (Å²) in [6, 6.07) is 4.00. The third kappa shape index (κ3) is 3.81. The van der Waals surface area contributed by atoms with Gasteiger partial charge in [0.25, 0.3) is 0 Å². The fourth-order valence-electron chi connectivity index (χ4n) is 2.60. The largest absolute Gasteiger partial charge is 0.469 e. The Morgan fingerprint density at radius 2 is 2.09 bits per heavy atom. The number of halogens is 1. The lowest BCUT2D eigenvalue weighted by Gasteiger charge is -2.21. The molecule has 0 amide bonds. The molecule has 1 fully saturated rings. The van der Waals surface area contributed by atoms with Crippen molar-refractivity contribution in [3.8, 4) is 12.1 Å². The van der Waals surface area contributed by atoms with Gasteiger partial charge in [0, 0.05) is 13.1 Å². The van der Waals surface area contributed by atoms with Crippen LogP contribution in [0.3, 0.4) is 0 Å². The van der Waals surface area contributed by atoms with Crippen molar-refractivity contribution in [3.05, 3.63) is 21.8 Å². The van der Waals surface area contributed by atoms with Gasteiger partial charge in [-0.15, -0.1) is 0 Å². The number of nitrogens with zero attached hydrogens (tertiary/aromatic N) is 4. The predicted octanol–water partition coefficient (Wildman–Crippen LogP) is 1.73. The normalized spacial score (nSPS) is 17.8. The molecule has 1 aliphatic rings. The monoisotopic (exact) mass is 356 g/mol. The molecule has 10 heteroatoms. The highest BCUT2D eigenvalue weighted by Crippen LogP contribution is 2.40. The Balaban J connectivity index is 2.38. The number of pyridine rings is 1. The molecular weight excluding hydrogens is 343 g/mol. The fraction of sp³-hybridized carbons (Fsp3) is 0.462. The smallest absolute Gasteiger partial charge is 0.353 e. The quantitative estimate of drug-likeness (QED) is 0.616. The Morgan fingerprint density at radius 1 is 1.43 bits per heavy atom. The van der Waals surface area contributed by atoms with Crippen LogP contribution in [-0.2, 0) is 15.5 Å². The lowest BCUT2D eigenvalue weighted by molar-refractivity contribution is 0.146. The first-order valence-corrected chi connectivity index (χ1v) is 8.73. The maximum atomic E-state index is 10.9. The van der Waals surface area contributed by atoms with Crippen LogP contribution >= 0.6 is 19.4 Å². The number of phosphoric acid groups is 1. The van der Waals surface area contributed by atoms with Gasteiger partial charge in [-0.05, 0) is 18.4 Å². The summed E-state index contributed by atoms with van der Waals surface area (Å²) >= 11 is 6.04. The van der Waals surface area contributed by atoms with Crippen LogP contribution in [0.15, 0.2) is 0 Å². The van der Waals surface area contributed by atoms with E-state index in [1.807, 2.05) is 12.1 Å². The lowest BCUT2D eigenvalue weighted by atomic mass is 10.0. The van der Waals surface area contributed by atoms with Crippen molar-refractivity contribution in [2.24, 2.45) is 0 Å². The summed E-state index contributed by atoms with van der Waals surface area (Å²) in [4.78, 5) is 23.6. The number of rotatable bonds is 4. The van der Waals surface area contributed by atoms with Crippen molar-refractivity contribution in [2.45, 2.75) is 25.9 Å². The molecule has 2 rings (SSSR count). The molecule has 0 unspecified atom stereocenters. The number of phosphoric ester groups is 1. The van der Waals surface area contributed by atoms with Gasteiger partial charge >= 0.3 is 7.82 Å². The highest BCUT2D eigenvalue weighted by Gasteiger charge is 2.32. The molecule has 2 heterocycles. The van der Waals surface area contributed by atoms with Gasteiger partial charge in [-0.3, -0.25) is 4.52 Å². The van der Waals surface area contributed by atoms with Crippen LogP contribution in [0.4, 0.5) is 5.82 Å². The van der Waals surface area contributed by atoms with E-state index in [9.17, 15) is 15.1 Å². The SMILES string of the molecule is CCc1c(C#N)c(Cl)nc(N2CC[C@H](OP(=O)(O)O)C2)c1C#N. The molecule has 122 valence electrons. The molecule has 0 saturated carbocycles. The first kappa shape index (κ1) is 17.7. The molecule has 0 aliphatic carbocycles. The molecule has 1 aromatic heterocycles. The Bertz CT molecular complexity index is 752. The summed E-state index contributed by atoms with van der Waals surface area (Å²) in [6.45, 7) is 2.40. The molecule has 1 aromatic rings. The summed E-state index contributed by atoms with van der Waals surface area (Å²) in [7, 11) is -4.57. The molecule has 2 N–H and O–H groups in total. The van der Waals surface area contributed by atoms with Crippen molar-refractivity contribution in [1.29, 1.82) is 10.5 Å². The van der Waals surface area contributed by atoms with Crippen LogP contribution in [0.5, 0.6) is 0 Å². The van der Waals surface area contributed by atoms with Crippen molar-refractivity contribution in [3.63, 3.8) is 0 Å². The van der Waals surface area contributed by atoms with E-state index in [1.165, 1.54) is 0 Å². The minimum Gasteiger partial charge on any atom is -0.353 e. The van der Waals surface area contributed by atoms with E-state index in [-0.39, 0.29) is 22.8 Å². The van der Waals surface area contributed by atoms with Gasteiger partial charge < -0.3 is 14.7 Å². The first-order valence-electron chi connectivity index (χ1n) is 6.82. The number of nitriles is 2. The summed E-state index contributed by atoms with van der Waals surface area (Å²) in [5, 5.41) is 18.6. The molecule has 1 aliphatic heterocycles. The van der Waals surface area contributed by atoms with E-state index < -0.39 is 13.9 Å². The van der Waals surface area contributed by atoms with Gasteiger partial charge in [0.15, 0.2) is 0 Å². The van der Waals surface area contributed by atoms with Crippen molar-refractivity contribution < 1.29 is 18.9 Å². The zero-order valence-electron chi connectivity index (χ0n) is 12.2. The van der Waals surface area contributed by atoms with E-state index in [0.29, 0.717) is 30.8 Å². The van der Waals surface area contributed by atoms with Crippen LogP contribution in [-0.4, -0.2) is 34.0 Å². The zero-order chi connectivity index (χ0) is 17.2. The highest BCUT2D eigenvalue weighted by atomic mass is 35.5.